The van der Waals surface area contributed by atoms with Crippen molar-refractivity contribution in [2.45, 2.75) is 12.4 Å². The number of nitriles is 2. The van der Waals surface area contributed by atoms with E-state index in [0.717, 1.165) is 80.9 Å². The number of benzene rings is 4. The Labute approximate surface area is 412 Å². The van der Waals surface area contributed by atoms with E-state index in [0.29, 0.717) is 15.2 Å². The molecule has 0 bridgehead atoms. The van der Waals surface area contributed by atoms with Gasteiger partial charge in [0.1, 0.15) is 17.8 Å². The number of nitrogens with one attached hydrogen (secondary N) is 1. The number of hydrogen-bond donors (Lipinski definition) is 4. The van der Waals surface area contributed by atoms with E-state index >= 15 is 0 Å². The van der Waals surface area contributed by atoms with Crippen LogP contribution in [0.1, 0.15) is 43.2 Å². The summed E-state index contributed by atoms with van der Waals surface area (Å²) in [5, 5.41) is 67.9. The normalized spacial score (nSPS) is 10.5. The lowest BCUT2D eigenvalue weighted by Gasteiger charge is -2.14. The minimum atomic E-state index is -5.01. The number of H-pyrrole nitrogens is 1. The summed E-state index contributed by atoms with van der Waals surface area (Å²) in [6, 6.07) is 15.8. The summed E-state index contributed by atoms with van der Waals surface area (Å²) in [6.07, 6.45) is -9.90. The SMILES string of the molecule is COC(=O)c1cc(-n2c(=O)cc(C(F)(F)F)[nH]c2=O)ccc1C#N.COC(=O)c1cc(-n2c(=O)cc(C(F)(F)F)n(N)c2=O)ccc1C#N.NOc1ccc([N+](=O)[O-])cc1[N+](=O)[O-].O=[N+]([O-])c1ccc(O)c([N+](=O)[O-])c1. The average Bonchev–Trinajstić information content (AvgIpc) is 3.36. The summed E-state index contributed by atoms with van der Waals surface area (Å²) in [7, 11) is 2.11. The molecule has 6 aromatic rings. The number of rotatable bonds is 9. The van der Waals surface area contributed by atoms with Gasteiger partial charge in [-0.05, 0) is 48.5 Å². The van der Waals surface area contributed by atoms with Crippen molar-refractivity contribution in [3.63, 3.8) is 0 Å². The first-order chi connectivity index (χ1) is 35.4. The predicted molar refractivity (Wildman–Crippen MR) is 237 cm³/mol. The highest BCUT2D eigenvalue weighted by Gasteiger charge is 2.36. The van der Waals surface area contributed by atoms with Gasteiger partial charge in [-0.2, -0.15) is 42.8 Å². The molecule has 76 heavy (non-hydrogen) atoms. The standard InChI is InChI=1S/C14H9F3N4O4.C14H8F3N3O4.C6H5N3O5.C6H4N2O5/c1-25-12(23)9-4-8(3-2-7(9)6-18)20-11(22)5-10(14(15,16)17)21(19)13(20)24;1-24-12(22)9-4-8(3-2-7(9)6-18)20-11(21)5-10(14(15,16)17)19-13(20)23;7-14-6-2-1-4(8(10)11)3-5(6)9(12)13;9-6-2-1-4(7(10)11)3-5(6)8(12)13/h2-5H,19H2,1H3;2-5H,1H3,(H,19,23);1-3H,7H2;1-3,9H. The summed E-state index contributed by atoms with van der Waals surface area (Å²) in [5.41, 5.74) is -11.6. The van der Waals surface area contributed by atoms with E-state index in [9.17, 15) is 95.6 Å². The Bertz CT molecular complexity index is 3620. The summed E-state index contributed by atoms with van der Waals surface area (Å²) in [5.74, 6) is 7.24. The van der Waals surface area contributed by atoms with E-state index in [2.05, 4.69) is 14.3 Å². The molecule has 0 radical (unpaired) electrons. The van der Waals surface area contributed by atoms with Gasteiger partial charge < -0.3 is 30.2 Å². The maximum atomic E-state index is 12.8. The smallest absolute Gasteiger partial charge is 0.433 e. The van der Waals surface area contributed by atoms with Crippen LogP contribution in [0.25, 0.3) is 11.4 Å². The number of nitrogens with zero attached hydrogens (tertiary/aromatic N) is 9. The first kappa shape index (κ1) is 59.0. The number of hydrogen-bond acceptors (Lipinski definition) is 22. The van der Waals surface area contributed by atoms with E-state index in [4.69, 9.17) is 27.4 Å². The first-order valence-corrected chi connectivity index (χ1v) is 19.2. The highest BCUT2D eigenvalue weighted by atomic mass is 19.4. The number of ether oxygens (including phenoxy) is 2. The maximum absolute atomic E-state index is 12.8. The molecular weight excluding hydrogens is 1050 g/mol. The molecule has 36 heteroatoms. The fourth-order valence-corrected chi connectivity index (χ4v) is 5.63. The summed E-state index contributed by atoms with van der Waals surface area (Å²) in [6.45, 7) is 0. The van der Waals surface area contributed by atoms with Crippen molar-refractivity contribution >= 4 is 34.7 Å². The molecule has 396 valence electrons. The Morgan fingerprint density at radius 3 is 1.49 bits per heavy atom. The summed E-state index contributed by atoms with van der Waals surface area (Å²) in [4.78, 5) is 115. The second-order valence-electron chi connectivity index (χ2n) is 13.7. The molecular formula is C40H26F6N12O18. The number of aromatic amines is 1. The number of nitrogen functional groups attached to an aromatic ring is 1. The van der Waals surface area contributed by atoms with Crippen molar-refractivity contribution < 1.29 is 75.0 Å². The predicted octanol–water partition coefficient (Wildman–Crippen LogP) is 3.56. The van der Waals surface area contributed by atoms with Crippen molar-refractivity contribution in [3.8, 4) is 35.0 Å². The highest BCUT2D eigenvalue weighted by molar-refractivity contribution is 5.93. The largest absolute Gasteiger partial charge is 0.502 e. The lowest BCUT2D eigenvalue weighted by Crippen LogP contribution is -2.45. The minimum absolute atomic E-state index is 0.0815. The number of carbonyl (C=O) groups is 2. The molecule has 30 nitrogen and oxygen atoms in total. The summed E-state index contributed by atoms with van der Waals surface area (Å²) < 4.78 is 85.5. The Hall–Kier alpha value is -11.3. The average molecular weight is 1080 g/mol. The van der Waals surface area contributed by atoms with Crippen molar-refractivity contribution in [1.29, 1.82) is 10.5 Å². The van der Waals surface area contributed by atoms with Crippen LogP contribution in [0.15, 0.2) is 104 Å². The fourth-order valence-electron chi connectivity index (χ4n) is 5.63. The molecule has 0 atom stereocenters. The third-order valence-electron chi connectivity index (χ3n) is 9.08. The van der Waals surface area contributed by atoms with Gasteiger partial charge in [0.25, 0.3) is 22.5 Å². The molecule has 0 saturated heterocycles. The quantitative estimate of drug-likeness (QED) is 0.0528. The zero-order valence-corrected chi connectivity index (χ0v) is 37.4. The molecule has 0 saturated carbocycles. The third-order valence-corrected chi connectivity index (χ3v) is 9.08. The lowest BCUT2D eigenvalue weighted by atomic mass is 10.1. The zero-order valence-electron chi connectivity index (χ0n) is 37.4. The number of phenols is 1. The molecule has 6 N–H and O–H groups in total. The molecule has 0 aliphatic rings. The van der Waals surface area contributed by atoms with Crippen LogP contribution in [0.4, 0.5) is 49.1 Å². The second-order valence-corrected chi connectivity index (χ2v) is 13.7. The highest BCUT2D eigenvalue weighted by Crippen LogP contribution is 2.31. The number of aromatic hydroxyl groups is 1. The number of phenolic OH excluding ortho intramolecular Hbond substituents is 1. The van der Waals surface area contributed by atoms with Crippen LogP contribution in [0.3, 0.4) is 0 Å². The number of halogens is 6. The van der Waals surface area contributed by atoms with Crippen LogP contribution in [-0.2, 0) is 21.8 Å². The number of nitrogens with two attached hydrogens (primary N) is 2. The topological polar surface area (TPSA) is 453 Å². The van der Waals surface area contributed by atoms with E-state index < -0.39 is 106 Å². The molecule has 0 amide bonds. The number of carbonyl (C=O) groups excluding carboxylic acids is 2. The Morgan fingerprint density at radius 1 is 0.645 bits per heavy atom. The molecule has 4 aromatic carbocycles. The fraction of sp³-hybridized carbons (Fsp3) is 0.100. The van der Waals surface area contributed by atoms with E-state index in [1.54, 1.807) is 17.1 Å². The van der Waals surface area contributed by atoms with Gasteiger partial charge >= 0.3 is 47.0 Å². The second kappa shape index (κ2) is 24.2. The minimum Gasteiger partial charge on any atom is -0.502 e. The van der Waals surface area contributed by atoms with Crippen molar-refractivity contribution in [1.82, 2.24) is 18.8 Å². The number of esters is 2. The van der Waals surface area contributed by atoms with Crippen molar-refractivity contribution in [3.05, 3.63) is 201 Å². The number of alkyl halides is 6. The van der Waals surface area contributed by atoms with Crippen molar-refractivity contribution in [2.75, 3.05) is 20.1 Å². The first-order valence-electron chi connectivity index (χ1n) is 19.2. The Balaban J connectivity index is 0.000000277. The number of nitro groups is 4. The van der Waals surface area contributed by atoms with Gasteiger partial charge in [0.15, 0.2) is 11.4 Å². The lowest BCUT2D eigenvalue weighted by molar-refractivity contribution is -0.395. The molecule has 6 rings (SSSR count). The van der Waals surface area contributed by atoms with Gasteiger partial charge in [-0.3, -0.25) is 50.0 Å². The zero-order chi connectivity index (χ0) is 57.7. The Morgan fingerprint density at radius 2 is 1.09 bits per heavy atom. The molecule has 2 heterocycles. The molecule has 0 fully saturated rings. The van der Waals surface area contributed by atoms with Gasteiger partial charge in [-0.25, -0.2) is 33.0 Å². The Kier molecular flexibility index (Phi) is 18.8. The van der Waals surface area contributed by atoms with Crippen LogP contribution in [0.2, 0.25) is 0 Å². The third kappa shape index (κ3) is 14.0. The molecule has 2 aromatic heterocycles. The van der Waals surface area contributed by atoms with E-state index in [-0.39, 0.29) is 56.2 Å². The monoisotopic (exact) mass is 1080 g/mol. The molecule has 0 aliphatic heterocycles. The van der Waals surface area contributed by atoms with Gasteiger partial charge in [0.2, 0.25) is 5.75 Å². The van der Waals surface area contributed by atoms with Crippen LogP contribution in [0, 0.1) is 63.1 Å². The molecule has 0 aliphatic carbocycles. The van der Waals surface area contributed by atoms with Gasteiger partial charge in [-0.15, -0.1) is 0 Å². The number of methoxy groups -OCH3 is 2. The van der Waals surface area contributed by atoms with Crippen LogP contribution >= 0.6 is 0 Å². The number of non-ortho nitro benzene ring substituents is 2. The maximum Gasteiger partial charge on any atom is 0.433 e. The molecule has 0 unspecified atom stereocenters. The van der Waals surface area contributed by atoms with Gasteiger partial charge in [0, 0.05) is 24.3 Å². The van der Waals surface area contributed by atoms with E-state index in [1.807, 2.05) is 0 Å². The summed E-state index contributed by atoms with van der Waals surface area (Å²) >= 11 is 0. The van der Waals surface area contributed by atoms with Crippen LogP contribution in [-0.4, -0.2) is 69.8 Å². The van der Waals surface area contributed by atoms with E-state index in [1.165, 1.54) is 0 Å². The van der Waals surface area contributed by atoms with Crippen LogP contribution < -0.4 is 39.1 Å². The van der Waals surface area contributed by atoms with Crippen LogP contribution in [0.5, 0.6) is 11.5 Å². The van der Waals surface area contributed by atoms with Crippen molar-refractivity contribution in [2.24, 2.45) is 5.90 Å². The van der Waals surface area contributed by atoms with Gasteiger partial charge in [-0.1, -0.05) is 0 Å². The number of nitro benzene ring substituents is 4. The number of aromatic nitrogens is 4. The molecule has 0 spiro atoms. The van der Waals surface area contributed by atoms with Gasteiger partial charge in [0.05, 0.1) is 79.7 Å².